The molecule has 1 atom stereocenters. The molecule has 1 aromatic rings. The number of nitrogens with one attached hydrogen (secondary N) is 1. The van der Waals surface area contributed by atoms with E-state index in [9.17, 15) is 18.0 Å². The van der Waals surface area contributed by atoms with Crippen LogP contribution < -0.4 is 5.32 Å². The predicted octanol–water partition coefficient (Wildman–Crippen LogP) is 2.21. The average Bonchev–Trinajstić information content (AvgIpc) is 2.87. The number of carbonyl (C=O) groups excluding carboxylic acids is 1. The van der Waals surface area contributed by atoms with Crippen LogP contribution in [0.15, 0.2) is 12.3 Å². The number of ether oxygens (including phenoxy) is 1. The molecule has 2 fully saturated rings. The van der Waals surface area contributed by atoms with E-state index in [0.717, 1.165) is 31.5 Å². The molecule has 26 heavy (non-hydrogen) atoms. The van der Waals surface area contributed by atoms with Crippen LogP contribution in [0.3, 0.4) is 0 Å². The molecule has 2 amide bonds. The number of urea groups is 1. The van der Waals surface area contributed by atoms with E-state index >= 15 is 0 Å². The molecule has 0 spiro atoms. The molecule has 10 heteroatoms. The smallest absolute Gasteiger partial charge is 0.378 e. The third-order valence-corrected chi connectivity index (χ3v) is 4.50. The van der Waals surface area contributed by atoms with E-state index in [1.807, 2.05) is 0 Å². The molecule has 3 heterocycles. The highest BCUT2D eigenvalue weighted by molar-refractivity contribution is 5.74. The number of alkyl halides is 3. The number of hydrogen-bond donors (Lipinski definition) is 1. The van der Waals surface area contributed by atoms with Crippen LogP contribution in [-0.2, 0) is 10.9 Å². The van der Waals surface area contributed by atoms with Crippen molar-refractivity contribution in [3.63, 3.8) is 0 Å². The van der Waals surface area contributed by atoms with Gasteiger partial charge in [0.05, 0.1) is 13.2 Å². The Morgan fingerprint density at radius 1 is 1.19 bits per heavy atom. The maximum atomic E-state index is 12.8. The molecule has 144 valence electrons. The summed E-state index contributed by atoms with van der Waals surface area (Å²) in [4.78, 5) is 23.6. The van der Waals surface area contributed by atoms with Crippen LogP contribution in [-0.4, -0.2) is 71.2 Å². The SMILES string of the molecule is O=C(N1CCOCC1)N1CCCC[C@@H](Nc2nccc(C(F)(F)F)n2)C1. The van der Waals surface area contributed by atoms with Gasteiger partial charge in [0.2, 0.25) is 5.95 Å². The van der Waals surface area contributed by atoms with Crippen molar-refractivity contribution in [1.82, 2.24) is 19.8 Å². The fourth-order valence-electron chi connectivity index (χ4n) is 3.16. The minimum Gasteiger partial charge on any atom is -0.378 e. The van der Waals surface area contributed by atoms with Crippen LogP contribution in [0.2, 0.25) is 0 Å². The molecule has 3 rings (SSSR count). The second kappa shape index (κ2) is 8.07. The van der Waals surface area contributed by atoms with Gasteiger partial charge in [-0.1, -0.05) is 0 Å². The van der Waals surface area contributed by atoms with Crippen LogP contribution >= 0.6 is 0 Å². The molecule has 2 aliphatic heterocycles. The first-order valence-corrected chi connectivity index (χ1v) is 8.72. The number of aromatic nitrogens is 2. The highest BCUT2D eigenvalue weighted by Gasteiger charge is 2.33. The lowest BCUT2D eigenvalue weighted by molar-refractivity contribution is -0.141. The number of nitrogens with zero attached hydrogens (tertiary/aromatic N) is 4. The maximum Gasteiger partial charge on any atom is 0.433 e. The van der Waals surface area contributed by atoms with Crippen molar-refractivity contribution >= 4 is 12.0 Å². The Morgan fingerprint density at radius 3 is 2.69 bits per heavy atom. The number of amides is 2. The van der Waals surface area contributed by atoms with E-state index in [4.69, 9.17) is 4.74 Å². The molecule has 0 bridgehead atoms. The Kier molecular flexibility index (Phi) is 5.80. The summed E-state index contributed by atoms with van der Waals surface area (Å²) < 4.78 is 43.7. The first-order chi connectivity index (χ1) is 12.4. The molecular formula is C16H22F3N5O2. The molecule has 0 unspecified atom stereocenters. The molecule has 0 aromatic carbocycles. The van der Waals surface area contributed by atoms with Gasteiger partial charge < -0.3 is 19.9 Å². The third kappa shape index (κ3) is 4.75. The standard InChI is InChI=1S/C16H22F3N5O2/c17-16(18,19)13-4-5-20-14(22-13)21-12-3-1-2-6-24(11-12)15(25)23-7-9-26-10-8-23/h4-5,12H,1-3,6-11H2,(H,20,21,22)/t12-/m1/s1. The van der Waals surface area contributed by atoms with Gasteiger partial charge in [-0.05, 0) is 25.3 Å². The van der Waals surface area contributed by atoms with E-state index in [1.54, 1.807) is 9.80 Å². The second-order valence-electron chi connectivity index (χ2n) is 6.43. The number of morpholine rings is 1. The zero-order valence-corrected chi connectivity index (χ0v) is 14.3. The van der Waals surface area contributed by atoms with Crippen LogP contribution in [0.1, 0.15) is 25.0 Å². The maximum absolute atomic E-state index is 12.8. The molecule has 0 aliphatic carbocycles. The molecular weight excluding hydrogens is 351 g/mol. The van der Waals surface area contributed by atoms with Gasteiger partial charge in [0.25, 0.3) is 0 Å². The first kappa shape index (κ1) is 18.7. The summed E-state index contributed by atoms with van der Waals surface area (Å²) in [5.41, 5.74) is -0.982. The molecule has 2 saturated heterocycles. The summed E-state index contributed by atoms with van der Waals surface area (Å²) in [6, 6.07) is 0.602. The van der Waals surface area contributed by atoms with E-state index in [-0.39, 0.29) is 18.0 Å². The number of hydrogen-bond acceptors (Lipinski definition) is 5. The number of rotatable bonds is 2. The van der Waals surface area contributed by atoms with Gasteiger partial charge in [-0.25, -0.2) is 14.8 Å². The van der Waals surface area contributed by atoms with E-state index in [1.165, 1.54) is 0 Å². The zero-order valence-electron chi connectivity index (χ0n) is 14.3. The van der Waals surface area contributed by atoms with Crippen molar-refractivity contribution in [3.8, 4) is 0 Å². The highest BCUT2D eigenvalue weighted by Crippen LogP contribution is 2.27. The lowest BCUT2D eigenvalue weighted by Gasteiger charge is -2.33. The van der Waals surface area contributed by atoms with Crippen LogP contribution in [0.4, 0.5) is 23.9 Å². The number of halogens is 3. The molecule has 1 N–H and O–H groups in total. The highest BCUT2D eigenvalue weighted by atomic mass is 19.4. The van der Waals surface area contributed by atoms with Gasteiger partial charge in [-0.2, -0.15) is 13.2 Å². The van der Waals surface area contributed by atoms with E-state index < -0.39 is 11.9 Å². The van der Waals surface area contributed by atoms with Crippen LogP contribution in [0.25, 0.3) is 0 Å². The summed E-state index contributed by atoms with van der Waals surface area (Å²) >= 11 is 0. The Bertz CT molecular complexity index is 622. The molecule has 0 saturated carbocycles. The van der Waals surface area contributed by atoms with Gasteiger partial charge in [0.1, 0.15) is 5.69 Å². The van der Waals surface area contributed by atoms with Crippen molar-refractivity contribution in [1.29, 1.82) is 0 Å². The number of likely N-dealkylation sites (tertiary alicyclic amines) is 1. The Morgan fingerprint density at radius 2 is 1.96 bits per heavy atom. The van der Waals surface area contributed by atoms with Crippen molar-refractivity contribution < 1.29 is 22.7 Å². The van der Waals surface area contributed by atoms with Crippen molar-refractivity contribution in [2.24, 2.45) is 0 Å². The molecule has 2 aliphatic rings. The summed E-state index contributed by atoms with van der Waals surface area (Å²) in [5.74, 6) is -0.0644. The third-order valence-electron chi connectivity index (χ3n) is 4.50. The minimum absolute atomic E-state index is 0.0491. The Hall–Kier alpha value is -2.10. The van der Waals surface area contributed by atoms with E-state index in [0.29, 0.717) is 39.4 Å². The largest absolute Gasteiger partial charge is 0.433 e. The summed E-state index contributed by atoms with van der Waals surface area (Å²) in [6.45, 7) is 3.22. The van der Waals surface area contributed by atoms with Crippen LogP contribution in [0.5, 0.6) is 0 Å². The summed E-state index contributed by atoms with van der Waals surface area (Å²) in [5, 5.41) is 2.96. The summed E-state index contributed by atoms with van der Waals surface area (Å²) in [7, 11) is 0. The van der Waals surface area contributed by atoms with Crippen molar-refractivity contribution in [2.75, 3.05) is 44.7 Å². The van der Waals surface area contributed by atoms with Gasteiger partial charge in [-0.3, -0.25) is 0 Å². The van der Waals surface area contributed by atoms with Gasteiger partial charge >= 0.3 is 12.2 Å². The predicted molar refractivity (Wildman–Crippen MR) is 87.7 cm³/mol. The Balaban J connectivity index is 1.65. The quantitative estimate of drug-likeness (QED) is 0.861. The lowest BCUT2D eigenvalue weighted by Crippen LogP contribution is -2.50. The molecule has 0 radical (unpaired) electrons. The zero-order chi connectivity index (χ0) is 18.6. The van der Waals surface area contributed by atoms with Gasteiger partial charge in [0, 0.05) is 38.4 Å². The first-order valence-electron chi connectivity index (χ1n) is 8.72. The summed E-state index contributed by atoms with van der Waals surface area (Å²) in [6.07, 6.45) is -0.944. The van der Waals surface area contributed by atoms with Gasteiger partial charge in [0.15, 0.2) is 0 Å². The molecule has 1 aromatic heterocycles. The topological polar surface area (TPSA) is 70.6 Å². The molecule has 7 nitrogen and oxygen atoms in total. The average molecular weight is 373 g/mol. The fraction of sp³-hybridized carbons (Fsp3) is 0.688. The van der Waals surface area contributed by atoms with Crippen molar-refractivity contribution in [3.05, 3.63) is 18.0 Å². The van der Waals surface area contributed by atoms with Crippen molar-refractivity contribution in [2.45, 2.75) is 31.5 Å². The number of anilines is 1. The van der Waals surface area contributed by atoms with Gasteiger partial charge in [-0.15, -0.1) is 0 Å². The lowest BCUT2D eigenvalue weighted by atomic mass is 10.1. The monoisotopic (exact) mass is 373 g/mol. The normalized spacial score (nSPS) is 22.0. The fourth-order valence-corrected chi connectivity index (χ4v) is 3.16. The number of carbonyl (C=O) groups is 1. The second-order valence-corrected chi connectivity index (χ2v) is 6.43. The Labute approximate surface area is 149 Å². The van der Waals surface area contributed by atoms with Crippen LogP contribution in [0, 0.1) is 0 Å². The van der Waals surface area contributed by atoms with E-state index in [2.05, 4.69) is 15.3 Å². The minimum atomic E-state index is -4.51.